The first-order valence-electron chi connectivity index (χ1n) is 14.4. The summed E-state index contributed by atoms with van der Waals surface area (Å²) in [5.41, 5.74) is -7.47. The van der Waals surface area contributed by atoms with Gasteiger partial charge in [-0.3, -0.25) is 18.9 Å². The van der Waals surface area contributed by atoms with Crippen LogP contribution in [0.1, 0.15) is 20.1 Å². The fourth-order valence-corrected chi connectivity index (χ4v) is 6.08. The summed E-state index contributed by atoms with van der Waals surface area (Å²) in [4.78, 5) is 49.8. The first kappa shape index (κ1) is 39.5. The van der Waals surface area contributed by atoms with Gasteiger partial charge in [0.25, 0.3) is 5.56 Å². The molecule has 5 atom stereocenters. The van der Waals surface area contributed by atoms with Gasteiger partial charge >= 0.3 is 25.8 Å². The molecule has 48 heavy (non-hydrogen) atoms. The molecule has 2 N–H and O–H groups in total. The van der Waals surface area contributed by atoms with Gasteiger partial charge in [0.15, 0.2) is 6.23 Å². The number of hydrogen-bond donors (Lipinski definition) is 2. The van der Waals surface area contributed by atoms with Crippen LogP contribution in [-0.4, -0.2) is 132 Å². The van der Waals surface area contributed by atoms with Crippen molar-refractivity contribution in [3.63, 3.8) is 0 Å². The van der Waals surface area contributed by atoms with Crippen LogP contribution in [0.15, 0.2) is 21.9 Å². The predicted molar refractivity (Wildman–Crippen MR) is 154 cm³/mol. The number of aromatic amines is 1. The van der Waals surface area contributed by atoms with E-state index in [1.807, 2.05) is 4.98 Å². The highest BCUT2D eigenvalue weighted by Gasteiger charge is 2.90. The molecule has 20 nitrogen and oxygen atoms in total. The van der Waals surface area contributed by atoms with Crippen LogP contribution in [0, 0.1) is 5.41 Å². The third-order valence-corrected chi connectivity index (χ3v) is 8.98. The Balaban J connectivity index is 1.65. The highest BCUT2D eigenvalue weighted by Crippen LogP contribution is 2.77. The monoisotopic (exact) mass is 718 g/mol. The van der Waals surface area contributed by atoms with Gasteiger partial charge in [-0.1, -0.05) is 6.92 Å². The summed E-state index contributed by atoms with van der Waals surface area (Å²) in [6.07, 6.45) is -4.52. The molecule has 22 heteroatoms. The molecule has 0 radical (unpaired) electrons. The maximum atomic E-state index is 14.7. The molecule has 1 aliphatic carbocycles. The molecule has 0 bridgehead atoms. The van der Waals surface area contributed by atoms with Crippen molar-refractivity contribution in [3.05, 3.63) is 33.1 Å². The Labute approximate surface area is 273 Å². The van der Waals surface area contributed by atoms with Crippen LogP contribution in [0.4, 0.5) is 14.0 Å². The van der Waals surface area contributed by atoms with Crippen molar-refractivity contribution in [1.82, 2.24) is 9.55 Å². The van der Waals surface area contributed by atoms with E-state index in [1.165, 1.54) is 28.1 Å². The number of halogens is 1. The molecule has 1 aliphatic heterocycles. The lowest BCUT2D eigenvalue weighted by molar-refractivity contribution is -0.155. The fourth-order valence-electron chi connectivity index (χ4n) is 4.88. The Morgan fingerprint density at radius 1 is 0.917 bits per heavy atom. The van der Waals surface area contributed by atoms with E-state index < -0.39 is 80.6 Å². The highest BCUT2D eigenvalue weighted by molar-refractivity contribution is 7.48. The largest absolute Gasteiger partial charge is 0.510 e. The molecule has 2 heterocycles. The van der Waals surface area contributed by atoms with Crippen molar-refractivity contribution in [2.75, 3.05) is 87.3 Å². The van der Waals surface area contributed by atoms with Gasteiger partial charge in [-0.15, -0.1) is 0 Å². The molecule has 3 rings (SSSR count). The Morgan fingerprint density at radius 2 is 1.44 bits per heavy atom. The normalized spacial score (nSPS) is 26.1. The summed E-state index contributed by atoms with van der Waals surface area (Å²) in [6.45, 7) is -0.109. The number of hydrogen-bond acceptors (Lipinski definition) is 18. The van der Waals surface area contributed by atoms with Crippen molar-refractivity contribution in [3.8, 4) is 0 Å². The van der Waals surface area contributed by atoms with Gasteiger partial charge in [0.05, 0.1) is 45.1 Å². The van der Waals surface area contributed by atoms with Crippen molar-refractivity contribution in [2.45, 2.75) is 37.4 Å². The zero-order valence-electron chi connectivity index (χ0n) is 26.7. The average Bonchev–Trinajstić information content (AvgIpc) is 3.48. The molecule has 1 saturated heterocycles. The Hall–Kier alpha value is -2.98. The van der Waals surface area contributed by atoms with Crippen LogP contribution < -0.4 is 11.2 Å². The number of fused-ring (bicyclic) bond motifs is 1. The van der Waals surface area contributed by atoms with Crippen LogP contribution in [0.5, 0.6) is 0 Å². The lowest BCUT2D eigenvalue weighted by atomic mass is 9.85. The molecule has 1 aromatic rings. The maximum absolute atomic E-state index is 14.7. The number of aromatic nitrogens is 2. The van der Waals surface area contributed by atoms with Crippen LogP contribution in [0.2, 0.25) is 0 Å². The van der Waals surface area contributed by atoms with E-state index in [-0.39, 0.29) is 39.6 Å². The standard InChI is InChI=1S/C26H40FN2O18P/c1-24-19(26(24,15-27)46-20(25(24,2)34)29-6-5-18(30)28-21(29)31)47-48(35,44-16-42-22(32)40-13-11-38-9-7-36-3)45-17-43-23(33)41-14-12-39-10-8-37-4/h5-6,19-20,34H,7-17H2,1-4H3,(H,28,30,31)/t19?,20-,24-,25+,26-/m1/s1. The van der Waals surface area contributed by atoms with Gasteiger partial charge in [0.1, 0.15) is 37.2 Å². The number of phosphoric ester groups is 1. The number of ether oxygens (including phenoxy) is 9. The van der Waals surface area contributed by atoms with Crippen molar-refractivity contribution < 1.29 is 79.9 Å². The quantitative estimate of drug-likeness (QED) is 0.0723. The summed E-state index contributed by atoms with van der Waals surface area (Å²) in [5.74, 6) is 0. The van der Waals surface area contributed by atoms with Crippen LogP contribution >= 0.6 is 7.82 Å². The smallest absolute Gasteiger partial charge is 0.432 e. The number of rotatable bonds is 22. The number of H-pyrrole nitrogens is 1. The molecule has 1 unspecified atom stereocenters. The molecular formula is C26H40FN2O18P. The van der Waals surface area contributed by atoms with Gasteiger partial charge < -0.3 is 47.7 Å². The second-order valence-electron chi connectivity index (χ2n) is 10.5. The predicted octanol–water partition coefficient (Wildman–Crippen LogP) is 0.619. The molecule has 274 valence electrons. The minimum absolute atomic E-state index is 0.0223. The SMILES string of the molecule is COCCOCCOC(=O)OCOP(=O)(OCOC(=O)OCCOCCOC)OC1[C@]2(C)[C@@](C)(O)[C@H](n3ccc(=O)[nH]c3=O)O[C@]12CF. The van der Waals surface area contributed by atoms with Gasteiger partial charge in [-0.2, -0.15) is 0 Å². The van der Waals surface area contributed by atoms with E-state index in [1.54, 1.807) is 0 Å². The van der Waals surface area contributed by atoms with E-state index in [0.717, 1.165) is 16.8 Å². The number of carbonyl (C=O) groups is 2. The summed E-state index contributed by atoms with van der Waals surface area (Å²) < 4.78 is 89.6. The lowest BCUT2D eigenvalue weighted by Crippen LogP contribution is -2.47. The second kappa shape index (κ2) is 17.6. The number of nitrogens with one attached hydrogen (secondary N) is 1. The van der Waals surface area contributed by atoms with E-state index in [9.17, 15) is 33.2 Å². The number of carbonyl (C=O) groups excluding carboxylic acids is 2. The molecule has 1 aromatic heterocycles. The average molecular weight is 719 g/mol. The topological polar surface area (TPSA) is 237 Å². The minimum atomic E-state index is -4.95. The fraction of sp³-hybridized carbons (Fsp3) is 0.769. The zero-order valence-corrected chi connectivity index (χ0v) is 27.6. The second-order valence-corrected chi connectivity index (χ2v) is 12.1. The number of aliphatic hydroxyl groups is 1. The van der Waals surface area contributed by atoms with E-state index in [4.69, 9.17) is 56.2 Å². The van der Waals surface area contributed by atoms with Crippen LogP contribution in [0.3, 0.4) is 0 Å². The van der Waals surface area contributed by atoms with Gasteiger partial charge in [-0.05, 0) is 6.92 Å². The van der Waals surface area contributed by atoms with E-state index in [2.05, 4.69) is 0 Å². The number of alkyl halides is 1. The highest BCUT2D eigenvalue weighted by atomic mass is 31.2. The number of phosphoric acid groups is 1. The lowest BCUT2D eigenvalue weighted by Gasteiger charge is -2.34. The van der Waals surface area contributed by atoms with E-state index >= 15 is 0 Å². The molecule has 2 fully saturated rings. The molecular weight excluding hydrogens is 678 g/mol. The molecule has 1 saturated carbocycles. The number of methoxy groups -OCH3 is 2. The molecule has 2 aliphatic rings. The van der Waals surface area contributed by atoms with E-state index in [0.29, 0.717) is 13.2 Å². The molecule has 0 aromatic carbocycles. The zero-order chi connectivity index (χ0) is 35.4. The Bertz CT molecular complexity index is 1340. The third kappa shape index (κ3) is 9.17. The van der Waals surface area contributed by atoms with Gasteiger partial charge in [-0.25, -0.2) is 32.4 Å². The molecule has 0 amide bonds. The Kier molecular flexibility index (Phi) is 14.5. The first-order chi connectivity index (χ1) is 22.8. The van der Waals surface area contributed by atoms with Gasteiger partial charge in [0.2, 0.25) is 13.6 Å². The summed E-state index contributed by atoms with van der Waals surface area (Å²) in [7, 11) is -1.97. The van der Waals surface area contributed by atoms with Gasteiger partial charge in [0, 0.05) is 26.5 Å². The third-order valence-electron chi connectivity index (χ3n) is 7.67. The number of nitrogens with zero attached hydrogens (tertiary/aromatic N) is 1. The summed E-state index contributed by atoms with van der Waals surface area (Å²) >= 11 is 0. The van der Waals surface area contributed by atoms with Crippen molar-refractivity contribution in [1.29, 1.82) is 0 Å². The molecule has 0 spiro atoms. The van der Waals surface area contributed by atoms with Crippen molar-refractivity contribution >= 4 is 20.1 Å². The minimum Gasteiger partial charge on any atom is -0.432 e. The summed E-state index contributed by atoms with van der Waals surface area (Å²) in [5, 5.41) is 11.5. The first-order valence-corrected chi connectivity index (χ1v) is 15.9. The van der Waals surface area contributed by atoms with Crippen molar-refractivity contribution in [2.24, 2.45) is 5.41 Å². The maximum Gasteiger partial charge on any atom is 0.510 e. The Morgan fingerprint density at radius 3 is 1.90 bits per heavy atom. The summed E-state index contributed by atoms with van der Waals surface area (Å²) in [6, 6.07) is 0.998. The van der Waals surface area contributed by atoms with Crippen LogP contribution in [0.25, 0.3) is 0 Å². The van der Waals surface area contributed by atoms with Crippen LogP contribution in [-0.2, 0) is 60.8 Å².